The van der Waals surface area contributed by atoms with Crippen molar-refractivity contribution in [1.29, 1.82) is 0 Å². The van der Waals surface area contributed by atoms with Gasteiger partial charge in [-0.25, -0.2) is 0 Å². The lowest BCUT2D eigenvalue weighted by molar-refractivity contribution is -0.137. The van der Waals surface area contributed by atoms with Gasteiger partial charge in [0.2, 0.25) is 12.7 Å². The number of rotatable bonds is 5. The number of anilines is 2. The van der Waals surface area contributed by atoms with Gasteiger partial charge >= 0.3 is 6.18 Å². The summed E-state index contributed by atoms with van der Waals surface area (Å²) in [5.41, 5.74) is 2.50. The number of ether oxygens (including phenoxy) is 2. The number of hydrogen-bond acceptors (Lipinski definition) is 5. The predicted molar refractivity (Wildman–Crippen MR) is 134 cm³/mol. The van der Waals surface area contributed by atoms with Crippen molar-refractivity contribution in [3.05, 3.63) is 101 Å². The van der Waals surface area contributed by atoms with Crippen molar-refractivity contribution in [2.75, 3.05) is 17.4 Å². The number of aliphatic hydroxyl groups excluding tert-OH is 1. The van der Waals surface area contributed by atoms with Crippen LogP contribution in [0, 0.1) is 0 Å². The third-order valence-corrected chi connectivity index (χ3v) is 6.11. The van der Waals surface area contributed by atoms with Crippen molar-refractivity contribution in [3.8, 4) is 11.5 Å². The predicted octanol–water partition coefficient (Wildman–Crippen LogP) is 4.92. The van der Waals surface area contributed by atoms with Crippen LogP contribution in [-0.4, -0.2) is 29.8 Å². The number of carbonyl (C=O) groups excluding carboxylic acids is 2. The molecule has 0 radical (unpaired) electrons. The molecule has 10 heteroatoms. The van der Waals surface area contributed by atoms with Crippen LogP contribution in [0.2, 0.25) is 0 Å². The van der Waals surface area contributed by atoms with Crippen LogP contribution >= 0.6 is 0 Å². The zero-order valence-corrected chi connectivity index (χ0v) is 19.7. The first-order chi connectivity index (χ1) is 18.2. The molecule has 0 saturated carbocycles. The lowest BCUT2D eigenvalue weighted by Crippen LogP contribution is -2.34. The van der Waals surface area contributed by atoms with Crippen LogP contribution in [0.4, 0.5) is 24.5 Å². The first-order valence-corrected chi connectivity index (χ1v) is 11.6. The Balaban J connectivity index is 1.41. The summed E-state index contributed by atoms with van der Waals surface area (Å²) in [6.45, 7) is 0.0715. The van der Waals surface area contributed by atoms with E-state index in [2.05, 4.69) is 10.6 Å². The second-order valence-corrected chi connectivity index (χ2v) is 8.61. The average molecular weight is 522 g/mol. The van der Waals surface area contributed by atoms with E-state index in [1.54, 1.807) is 42.5 Å². The number of fused-ring (bicyclic) bond motifs is 2. The molecule has 0 fully saturated rings. The first kappa shape index (κ1) is 25.1. The van der Waals surface area contributed by atoms with Gasteiger partial charge in [-0.15, -0.1) is 0 Å². The van der Waals surface area contributed by atoms with E-state index in [-0.39, 0.29) is 13.2 Å². The lowest BCUT2D eigenvalue weighted by Gasteiger charge is -2.23. The van der Waals surface area contributed by atoms with E-state index in [4.69, 9.17) is 9.47 Å². The molecule has 0 spiro atoms. The molecule has 38 heavy (non-hydrogen) atoms. The van der Waals surface area contributed by atoms with Gasteiger partial charge in [0.25, 0.3) is 5.91 Å². The fourth-order valence-corrected chi connectivity index (χ4v) is 4.21. The zero-order valence-electron chi connectivity index (χ0n) is 19.7. The Labute approximate surface area is 215 Å². The van der Waals surface area contributed by atoms with Crippen LogP contribution in [0.1, 0.15) is 22.3 Å². The quantitative estimate of drug-likeness (QED) is 0.327. The van der Waals surface area contributed by atoms with E-state index in [0.29, 0.717) is 45.1 Å². The molecule has 2 aliphatic rings. The SMILES string of the molecule is O=C(/C=C/C=C(/c1ccc(C(F)(F)F)cc1)c1ccc2c(c1)OCO2)Nc1cccc2c1CC(O)C(=O)N2. The highest BCUT2D eigenvalue weighted by Crippen LogP contribution is 2.37. The minimum Gasteiger partial charge on any atom is -0.454 e. The number of alkyl halides is 3. The maximum Gasteiger partial charge on any atom is 0.416 e. The molecule has 1 unspecified atom stereocenters. The Morgan fingerprint density at radius 3 is 2.53 bits per heavy atom. The molecule has 3 N–H and O–H groups in total. The van der Waals surface area contributed by atoms with Crippen LogP contribution in [0.25, 0.3) is 5.57 Å². The molecule has 0 bridgehead atoms. The summed E-state index contributed by atoms with van der Waals surface area (Å²) >= 11 is 0. The second-order valence-electron chi connectivity index (χ2n) is 8.61. The van der Waals surface area contributed by atoms with Crippen LogP contribution < -0.4 is 20.1 Å². The third-order valence-electron chi connectivity index (χ3n) is 6.11. The van der Waals surface area contributed by atoms with E-state index >= 15 is 0 Å². The smallest absolute Gasteiger partial charge is 0.416 e. The number of amides is 2. The number of allylic oxidation sites excluding steroid dienone is 2. The number of halogens is 3. The highest BCUT2D eigenvalue weighted by Gasteiger charge is 2.30. The second kappa shape index (κ2) is 10.1. The van der Waals surface area contributed by atoms with Crippen LogP contribution in [0.15, 0.2) is 78.9 Å². The van der Waals surface area contributed by atoms with Gasteiger partial charge in [0.1, 0.15) is 6.10 Å². The molecule has 5 rings (SSSR count). The molecule has 0 saturated heterocycles. The number of nitrogens with one attached hydrogen (secondary N) is 2. The molecule has 2 amide bonds. The fourth-order valence-electron chi connectivity index (χ4n) is 4.21. The van der Waals surface area contributed by atoms with Gasteiger partial charge in [-0.1, -0.05) is 36.4 Å². The van der Waals surface area contributed by atoms with Crippen molar-refractivity contribution in [3.63, 3.8) is 0 Å². The average Bonchev–Trinajstić information content (AvgIpc) is 3.35. The normalized spacial score (nSPS) is 16.8. The lowest BCUT2D eigenvalue weighted by atomic mass is 9.96. The minimum absolute atomic E-state index is 0.0589. The Hall–Kier alpha value is -4.57. The van der Waals surface area contributed by atoms with Gasteiger partial charge in [0.15, 0.2) is 11.5 Å². The van der Waals surface area contributed by atoms with Crippen molar-refractivity contribution in [2.45, 2.75) is 18.7 Å². The van der Waals surface area contributed by atoms with E-state index in [9.17, 15) is 27.9 Å². The minimum atomic E-state index is -4.46. The van der Waals surface area contributed by atoms with Crippen molar-refractivity contribution in [1.82, 2.24) is 0 Å². The molecule has 3 aromatic rings. The number of hydrogen-bond donors (Lipinski definition) is 3. The van der Waals surface area contributed by atoms with E-state index in [0.717, 1.165) is 12.1 Å². The monoisotopic (exact) mass is 522 g/mol. The van der Waals surface area contributed by atoms with Crippen LogP contribution in [0.3, 0.4) is 0 Å². The number of aliphatic hydroxyl groups is 1. The molecule has 7 nitrogen and oxygen atoms in total. The van der Waals surface area contributed by atoms with Crippen LogP contribution in [-0.2, 0) is 22.2 Å². The molecule has 2 aliphatic heterocycles. The summed E-state index contributed by atoms with van der Waals surface area (Å²) in [7, 11) is 0. The molecule has 0 aliphatic carbocycles. The Bertz CT molecular complexity index is 1460. The van der Waals surface area contributed by atoms with Gasteiger partial charge in [-0.3, -0.25) is 9.59 Å². The summed E-state index contributed by atoms with van der Waals surface area (Å²) in [5, 5.41) is 15.2. The van der Waals surface area contributed by atoms with Gasteiger partial charge in [0, 0.05) is 29.4 Å². The highest BCUT2D eigenvalue weighted by molar-refractivity contribution is 6.03. The van der Waals surface area contributed by atoms with Crippen molar-refractivity contribution < 1.29 is 37.3 Å². The largest absolute Gasteiger partial charge is 0.454 e. The maximum absolute atomic E-state index is 13.1. The van der Waals surface area contributed by atoms with Crippen molar-refractivity contribution >= 4 is 28.8 Å². The van der Waals surface area contributed by atoms with Gasteiger partial charge in [-0.05, 0) is 53.1 Å². The summed E-state index contributed by atoms with van der Waals surface area (Å²) in [4.78, 5) is 24.4. The summed E-state index contributed by atoms with van der Waals surface area (Å²) < 4.78 is 50.0. The highest BCUT2D eigenvalue weighted by atomic mass is 19.4. The molecule has 2 heterocycles. The molecular weight excluding hydrogens is 501 g/mol. The number of carbonyl (C=O) groups is 2. The molecule has 194 valence electrons. The van der Waals surface area contributed by atoms with Gasteiger partial charge < -0.3 is 25.2 Å². The maximum atomic E-state index is 13.1. The Morgan fingerprint density at radius 2 is 1.76 bits per heavy atom. The summed E-state index contributed by atoms with van der Waals surface area (Å²) in [6, 6.07) is 14.9. The van der Waals surface area contributed by atoms with Gasteiger partial charge in [0.05, 0.1) is 5.56 Å². The summed E-state index contributed by atoms with van der Waals surface area (Å²) in [6.07, 6.45) is -1.25. The van der Waals surface area contributed by atoms with Crippen molar-refractivity contribution in [2.24, 2.45) is 0 Å². The Morgan fingerprint density at radius 1 is 1.03 bits per heavy atom. The topological polar surface area (TPSA) is 96.9 Å². The first-order valence-electron chi connectivity index (χ1n) is 11.6. The van der Waals surface area contributed by atoms with E-state index < -0.39 is 29.7 Å². The molecule has 1 atom stereocenters. The Kier molecular flexibility index (Phi) is 6.64. The molecule has 3 aromatic carbocycles. The van der Waals surface area contributed by atoms with Crippen LogP contribution in [0.5, 0.6) is 11.5 Å². The fraction of sp³-hybridized carbons (Fsp3) is 0.143. The van der Waals surface area contributed by atoms with E-state index in [1.165, 1.54) is 24.3 Å². The third kappa shape index (κ3) is 5.25. The molecular formula is C28H21F3N2O5. The zero-order chi connectivity index (χ0) is 26.9. The van der Waals surface area contributed by atoms with E-state index in [1.807, 2.05) is 0 Å². The standard InChI is InChI=1S/C28H21F3N2O5/c29-28(30,31)18-10-7-16(8-11-18)19(17-9-12-24-25(13-17)38-15-37-24)3-1-6-26(35)32-21-4-2-5-22-20(21)14-23(34)27(36)33-22/h1-13,23,34H,14-15H2,(H,32,35)(H,33,36)/b6-1+,19-3-. The van der Waals surface area contributed by atoms with Gasteiger partial charge in [-0.2, -0.15) is 13.2 Å². The number of benzene rings is 3. The summed E-state index contributed by atoms with van der Waals surface area (Å²) in [5.74, 6) is 0.0805. The molecule has 0 aromatic heterocycles.